The summed E-state index contributed by atoms with van der Waals surface area (Å²) in [6.07, 6.45) is 2.96. The molecule has 0 unspecified atom stereocenters. The van der Waals surface area contributed by atoms with E-state index in [1.165, 1.54) is 6.08 Å². The number of para-hydroxylation sites is 1. The average Bonchev–Trinajstić information content (AvgIpc) is 2.77. The van der Waals surface area contributed by atoms with Gasteiger partial charge in [0.25, 0.3) is 17.7 Å². The fourth-order valence-corrected chi connectivity index (χ4v) is 2.65. The number of hydrogen-bond donors (Lipinski definition) is 3. The number of amides is 3. The molecule has 0 bridgehead atoms. The molecular weight excluding hydrogens is 378 g/mol. The first-order valence-electron chi connectivity index (χ1n) is 9.33. The maximum Gasteiger partial charge on any atom is 0.271 e. The number of hydrogen-bond acceptors (Lipinski definition) is 3. The predicted octanol–water partition coefficient (Wildman–Crippen LogP) is 3.72. The SMILES string of the molecule is Cc1ccc(C(=O)Nc2ccccc2C(=O)NNC(=O)/C=C/c2ccccc2)cc1. The van der Waals surface area contributed by atoms with Crippen molar-refractivity contribution < 1.29 is 14.4 Å². The van der Waals surface area contributed by atoms with E-state index in [1.54, 1.807) is 42.5 Å². The lowest BCUT2D eigenvalue weighted by Crippen LogP contribution is -2.41. The highest BCUT2D eigenvalue weighted by Crippen LogP contribution is 2.16. The van der Waals surface area contributed by atoms with Gasteiger partial charge in [-0.3, -0.25) is 25.2 Å². The number of aryl methyl sites for hydroxylation is 1. The number of rotatable bonds is 5. The Balaban J connectivity index is 1.62. The molecule has 6 heteroatoms. The van der Waals surface area contributed by atoms with Crippen molar-refractivity contribution in [1.29, 1.82) is 0 Å². The van der Waals surface area contributed by atoms with Crippen molar-refractivity contribution in [3.05, 3.63) is 107 Å². The number of benzene rings is 3. The van der Waals surface area contributed by atoms with E-state index in [0.29, 0.717) is 11.3 Å². The molecule has 0 aromatic heterocycles. The molecule has 3 rings (SSSR count). The highest BCUT2D eigenvalue weighted by atomic mass is 16.2. The van der Waals surface area contributed by atoms with Crippen LogP contribution in [0, 0.1) is 6.92 Å². The minimum atomic E-state index is -0.545. The summed E-state index contributed by atoms with van der Waals surface area (Å²) in [5, 5.41) is 2.74. The van der Waals surface area contributed by atoms with Crippen molar-refractivity contribution in [2.24, 2.45) is 0 Å². The van der Waals surface area contributed by atoms with Gasteiger partial charge in [0.15, 0.2) is 0 Å². The van der Waals surface area contributed by atoms with E-state index in [9.17, 15) is 14.4 Å². The van der Waals surface area contributed by atoms with Gasteiger partial charge in [-0.2, -0.15) is 0 Å². The third kappa shape index (κ3) is 5.65. The first kappa shape index (κ1) is 20.5. The summed E-state index contributed by atoms with van der Waals surface area (Å²) in [4.78, 5) is 36.9. The Morgan fingerprint density at radius 2 is 1.40 bits per heavy atom. The molecule has 0 radical (unpaired) electrons. The first-order valence-corrected chi connectivity index (χ1v) is 9.33. The summed E-state index contributed by atoms with van der Waals surface area (Å²) in [7, 11) is 0. The molecule has 0 heterocycles. The van der Waals surface area contributed by atoms with Crippen LogP contribution in [0.25, 0.3) is 6.08 Å². The second kappa shape index (κ2) is 9.84. The van der Waals surface area contributed by atoms with E-state index >= 15 is 0 Å². The number of carbonyl (C=O) groups is 3. The van der Waals surface area contributed by atoms with Crippen LogP contribution in [0.1, 0.15) is 31.8 Å². The Kier molecular flexibility index (Phi) is 6.74. The van der Waals surface area contributed by atoms with E-state index in [2.05, 4.69) is 16.2 Å². The molecule has 3 aromatic carbocycles. The maximum atomic E-state index is 12.5. The Morgan fingerprint density at radius 3 is 2.13 bits per heavy atom. The normalized spacial score (nSPS) is 10.4. The number of nitrogens with one attached hydrogen (secondary N) is 3. The minimum Gasteiger partial charge on any atom is -0.321 e. The minimum absolute atomic E-state index is 0.227. The van der Waals surface area contributed by atoms with Gasteiger partial charge in [0.1, 0.15) is 0 Å². The Morgan fingerprint density at radius 1 is 0.733 bits per heavy atom. The maximum absolute atomic E-state index is 12.5. The van der Waals surface area contributed by atoms with Crippen molar-refractivity contribution in [2.45, 2.75) is 6.92 Å². The standard InChI is InChI=1S/C24H21N3O3/c1-17-11-14-19(15-12-17)23(29)25-21-10-6-5-9-20(21)24(30)27-26-22(28)16-13-18-7-3-2-4-8-18/h2-16H,1H3,(H,25,29)(H,26,28)(H,27,30)/b16-13+. The highest BCUT2D eigenvalue weighted by Gasteiger charge is 2.14. The van der Waals surface area contributed by atoms with Crippen molar-refractivity contribution in [3.8, 4) is 0 Å². The van der Waals surface area contributed by atoms with Gasteiger partial charge < -0.3 is 5.32 Å². The summed E-state index contributed by atoms with van der Waals surface area (Å²) in [5.41, 5.74) is 7.65. The molecule has 3 aromatic rings. The van der Waals surface area contributed by atoms with Gasteiger partial charge in [0, 0.05) is 11.6 Å². The third-order valence-corrected chi connectivity index (χ3v) is 4.26. The monoisotopic (exact) mass is 399 g/mol. The van der Waals surface area contributed by atoms with Crippen LogP contribution >= 0.6 is 0 Å². The summed E-state index contributed by atoms with van der Waals surface area (Å²) in [5.74, 6) is -1.35. The fraction of sp³-hybridized carbons (Fsp3) is 0.0417. The van der Waals surface area contributed by atoms with Crippen LogP contribution < -0.4 is 16.2 Å². The second-order valence-electron chi connectivity index (χ2n) is 6.55. The molecule has 150 valence electrons. The van der Waals surface area contributed by atoms with Crippen LogP contribution in [0.5, 0.6) is 0 Å². The van der Waals surface area contributed by atoms with Crippen LogP contribution in [0.2, 0.25) is 0 Å². The van der Waals surface area contributed by atoms with E-state index in [1.807, 2.05) is 49.4 Å². The predicted molar refractivity (Wildman–Crippen MR) is 117 cm³/mol. The van der Waals surface area contributed by atoms with Crippen LogP contribution in [-0.2, 0) is 4.79 Å². The summed E-state index contributed by atoms with van der Waals surface area (Å²) in [6, 6.07) is 23.0. The number of hydrazine groups is 1. The molecule has 0 saturated heterocycles. The van der Waals surface area contributed by atoms with Crippen LogP contribution in [-0.4, -0.2) is 17.7 Å². The third-order valence-electron chi connectivity index (χ3n) is 4.26. The summed E-state index contributed by atoms with van der Waals surface area (Å²) < 4.78 is 0. The lowest BCUT2D eigenvalue weighted by molar-refractivity contribution is -0.117. The van der Waals surface area contributed by atoms with Crippen molar-refractivity contribution >= 4 is 29.5 Å². The molecular formula is C24H21N3O3. The molecule has 3 N–H and O–H groups in total. The molecule has 0 spiro atoms. The first-order chi connectivity index (χ1) is 14.5. The summed E-state index contributed by atoms with van der Waals surface area (Å²) in [6.45, 7) is 1.94. The van der Waals surface area contributed by atoms with Gasteiger partial charge in [-0.1, -0.05) is 60.2 Å². The van der Waals surface area contributed by atoms with Gasteiger partial charge in [-0.15, -0.1) is 0 Å². The quantitative estimate of drug-likeness (QED) is 0.451. The lowest BCUT2D eigenvalue weighted by Gasteiger charge is -2.11. The summed E-state index contributed by atoms with van der Waals surface area (Å²) >= 11 is 0. The topological polar surface area (TPSA) is 87.3 Å². The average molecular weight is 399 g/mol. The molecule has 30 heavy (non-hydrogen) atoms. The zero-order valence-electron chi connectivity index (χ0n) is 16.4. The van der Waals surface area contributed by atoms with Gasteiger partial charge in [0.2, 0.25) is 0 Å². The van der Waals surface area contributed by atoms with Gasteiger partial charge in [-0.05, 0) is 42.8 Å². The molecule has 0 fully saturated rings. The van der Waals surface area contributed by atoms with Crippen molar-refractivity contribution in [3.63, 3.8) is 0 Å². The van der Waals surface area contributed by atoms with Crippen molar-refractivity contribution in [2.75, 3.05) is 5.32 Å². The van der Waals surface area contributed by atoms with Crippen molar-refractivity contribution in [1.82, 2.24) is 10.9 Å². The van der Waals surface area contributed by atoms with Gasteiger partial charge >= 0.3 is 0 Å². The molecule has 6 nitrogen and oxygen atoms in total. The number of carbonyl (C=O) groups excluding carboxylic acids is 3. The Labute approximate surface area is 174 Å². The van der Waals surface area contributed by atoms with E-state index in [4.69, 9.17) is 0 Å². The molecule has 0 saturated carbocycles. The largest absolute Gasteiger partial charge is 0.321 e. The molecule has 0 atom stereocenters. The van der Waals surface area contributed by atoms with Gasteiger partial charge in [-0.25, -0.2) is 0 Å². The van der Waals surface area contributed by atoms with E-state index in [0.717, 1.165) is 11.1 Å². The van der Waals surface area contributed by atoms with E-state index in [-0.39, 0.29) is 11.5 Å². The smallest absolute Gasteiger partial charge is 0.271 e. The second-order valence-corrected chi connectivity index (χ2v) is 6.55. The molecule has 0 aliphatic rings. The van der Waals surface area contributed by atoms with Gasteiger partial charge in [0.05, 0.1) is 11.3 Å². The lowest BCUT2D eigenvalue weighted by atomic mass is 10.1. The highest BCUT2D eigenvalue weighted by molar-refractivity contribution is 6.09. The molecule has 3 amide bonds. The number of anilines is 1. The van der Waals surface area contributed by atoms with Crippen LogP contribution in [0.15, 0.2) is 84.9 Å². The molecule has 0 aliphatic carbocycles. The zero-order chi connectivity index (χ0) is 21.3. The zero-order valence-corrected chi connectivity index (χ0v) is 16.4. The van der Waals surface area contributed by atoms with Crippen LogP contribution in [0.3, 0.4) is 0 Å². The van der Waals surface area contributed by atoms with E-state index < -0.39 is 11.8 Å². The molecule has 0 aliphatic heterocycles. The fourth-order valence-electron chi connectivity index (χ4n) is 2.65. The Hall–Kier alpha value is -4.19. The Bertz CT molecular complexity index is 1070. The van der Waals surface area contributed by atoms with Crippen LogP contribution in [0.4, 0.5) is 5.69 Å².